The number of nitrogens with one attached hydrogen (secondary N) is 2. The molecule has 1 amide bonds. The van der Waals surface area contributed by atoms with E-state index in [4.69, 9.17) is 4.74 Å². The molecule has 0 saturated heterocycles. The number of benzene rings is 1. The molecule has 4 nitrogen and oxygen atoms in total. The molecule has 0 aliphatic rings. The summed E-state index contributed by atoms with van der Waals surface area (Å²) in [5.41, 5.74) is 0.959. The van der Waals surface area contributed by atoms with Crippen LogP contribution in [-0.2, 0) is 4.79 Å². The van der Waals surface area contributed by atoms with E-state index in [1.807, 2.05) is 52.1 Å². The van der Waals surface area contributed by atoms with Crippen LogP contribution in [0.15, 0.2) is 24.3 Å². The Balaban J connectivity index is 2.48. The molecule has 0 radical (unpaired) electrons. The molecule has 2 N–H and O–H groups in total. The number of hydrogen-bond acceptors (Lipinski definition) is 3. The van der Waals surface area contributed by atoms with Crippen LogP contribution in [0.1, 0.15) is 39.3 Å². The van der Waals surface area contributed by atoms with Gasteiger partial charge in [0.1, 0.15) is 5.75 Å². The Hall–Kier alpha value is -1.55. The first-order valence-corrected chi connectivity index (χ1v) is 6.53. The quantitative estimate of drug-likeness (QED) is 0.857. The number of rotatable bonds is 5. The summed E-state index contributed by atoms with van der Waals surface area (Å²) in [5, 5.41) is 6.03. The molecule has 0 fully saturated rings. The van der Waals surface area contributed by atoms with Gasteiger partial charge in [-0.15, -0.1) is 0 Å². The van der Waals surface area contributed by atoms with Crippen molar-refractivity contribution in [2.45, 2.75) is 39.3 Å². The lowest BCUT2D eigenvalue weighted by Crippen LogP contribution is -2.43. The first-order chi connectivity index (χ1) is 8.81. The molecule has 4 heteroatoms. The van der Waals surface area contributed by atoms with Gasteiger partial charge in [-0.3, -0.25) is 4.79 Å². The van der Waals surface area contributed by atoms with Gasteiger partial charge in [-0.2, -0.15) is 0 Å². The molecular formula is C15H24N2O2. The minimum Gasteiger partial charge on any atom is -0.484 e. The molecule has 0 heterocycles. The molecule has 1 aromatic carbocycles. The summed E-state index contributed by atoms with van der Waals surface area (Å²) in [6.45, 7) is 7.96. The average Bonchev–Trinajstić information content (AvgIpc) is 2.34. The second kappa shape index (κ2) is 6.57. The summed E-state index contributed by atoms with van der Waals surface area (Å²) >= 11 is 0. The SMILES string of the molecule is CNC(C)c1ccc(OCC(=O)NC(C)(C)C)cc1. The molecule has 1 rings (SSSR count). The number of amides is 1. The molecule has 0 aliphatic carbocycles. The Morgan fingerprint density at radius 1 is 1.26 bits per heavy atom. The summed E-state index contributed by atoms with van der Waals surface area (Å²) in [7, 11) is 1.92. The Morgan fingerprint density at radius 3 is 2.32 bits per heavy atom. The summed E-state index contributed by atoms with van der Waals surface area (Å²) in [6.07, 6.45) is 0. The molecule has 0 spiro atoms. The fourth-order valence-corrected chi connectivity index (χ4v) is 1.62. The predicted octanol–water partition coefficient (Wildman–Crippen LogP) is 2.26. The van der Waals surface area contributed by atoms with Gasteiger partial charge in [0.25, 0.3) is 5.91 Å². The van der Waals surface area contributed by atoms with Gasteiger partial charge in [0.2, 0.25) is 0 Å². The second-order valence-electron chi connectivity index (χ2n) is 5.67. The number of carbonyl (C=O) groups is 1. The van der Waals surface area contributed by atoms with E-state index in [-0.39, 0.29) is 18.1 Å². The fourth-order valence-electron chi connectivity index (χ4n) is 1.62. The van der Waals surface area contributed by atoms with E-state index in [0.29, 0.717) is 11.8 Å². The zero-order chi connectivity index (χ0) is 14.5. The summed E-state index contributed by atoms with van der Waals surface area (Å²) < 4.78 is 5.45. The molecule has 0 saturated carbocycles. The van der Waals surface area contributed by atoms with Crippen molar-refractivity contribution in [2.24, 2.45) is 0 Å². The Bertz CT molecular complexity index is 407. The van der Waals surface area contributed by atoms with Crippen molar-refractivity contribution in [2.75, 3.05) is 13.7 Å². The lowest BCUT2D eigenvalue weighted by Gasteiger charge is -2.20. The van der Waals surface area contributed by atoms with Crippen molar-refractivity contribution in [3.63, 3.8) is 0 Å². The van der Waals surface area contributed by atoms with E-state index in [2.05, 4.69) is 17.6 Å². The molecule has 19 heavy (non-hydrogen) atoms. The highest BCUT2D eigenvalue weighted by Crippen LogP contribution is 2.17. The van der Waals surface area contributed by atoms with Crippen molar-refractivity contribution in [1.29, 1.82) is 0 Å². The molecule has 1 atom stereocenters. The number of carbonyl (C=O) groups excluding carboxylic acids is 1. The summed E-state index contributed by atoms with van der Waals surface area (Å²) in [5.74, 6) is 0.594. The van der Waals surface area contributed by atoms with Crippen molar-refractivity contribution < 1.29 is 9.53 Å². The molecule has 0 aliphatic heterocycles. The zero-order valence-corrected chi connectivity index (χ0v) is 12.4. The van der Waals surface area contributed by atoms with Gasteiger partial charge >= 0.3 is 0 Å². The predicted molar refractivity (Wildman–Crippen MR) is 77.3 cm³/mol. The van der Waals surface area contributed by atoms with E-state index >= 15 is 0 Å². The van der Waals surface area contributed by atoms with Crippen LogP contribution in [-0.4, -0.2) is 25.1 Å². The van der Waals surface area contributed by atoms with E-state index in [0.717, 1.165) is 0 Å². The van der Waals surface area contributed by atoms with E-state index in [1.54, 1.807) is 0 Å². The highest BCUT2D eigenvalue weighted by atomic mass is 16.5. The largest absolute Gasteiger partial charge is 0.484 e. The topological polar surface area (TPSA) is 50.4 Å². The maximum Gasteiger partial charge on any atom is 0.258 e. The zero-order valence-electron chi connectivity index (χ0n) is 12.4. The molecule has 106 valence electrons. The second-order valence-corrected chi connectivity index (χ2v) is 5.67. The summed E-state index contributed by atoms with van der Waals surface area (Å²) in [4.78, 5) is 11.6. The van der Waals surface area contributed by atoms with Crippen molar-refractivity contribution >= 4 is 5.91 Å². The van der Waals surface area contributed by atoms with Gasteiger partial charge in [0.05, 0.1) is 0 Å². The first-order valence-electron chi connectivity index (χ1n) is 6.53. The van der Waals surface area contributed by atoms with Crippen LogP contribution < -0.4 is 15.4 Å². The molecule has 1 aromatic rings. The number of ether oxygens (including phenoxy) is 1. The van der Waals surface area contributed by atoms with Crippen molar-refractivity contribution in [3.8, 4) is 5.75 Å². The standard InChI is InChI=1S/C15H24N2O2/c1-11(16-5)12-6-8-13(9-7-12)19-10-14(18)17-15(2,3)4/h6-9,11,16H,10H2,1-5H3,(H,17,18). The Labute approximate surface area is 115 Å². The summed E-state index contributed by atoms with van der Waals surface area (Å²) in [6, 6.07) is 8.07. The maximum absolute atomic E-state index is 11.6. The lowest BCUT2D eigenvalue weighted by atomic mass is 10.1. The van der Waals surface area contributed by atoms with Crippen LogP contribution in [0.2, 0.25) is 0 Å². The monoisotopic (exact) mass is 264 g/mol. The van der Waals surface area contributed by atoms with Gasteiger partial charge in [-0.05, 0) is 52.4 Å². The van der Waals surface area contributed by atoms with Crippen LogP contribution in [0.25, 0.3) is 0 Å². The smallest absolute Gasteiger partial charge is 0.258 e. The minimum absolute atomic E-state index is 0.0399. The van der Waals surface area contributed by atoms with Gasteiger partial charge in [-0.1, -0.05) is 12.1 Å². The van der Waals surface area contributed by atoms with Crippen LogP contribution in [0.3, 0.4) is 0 Å². The van der Waals surface area contributed by atoms with Gasteiger partial charge in [0, 0.05) is 11.6 Å². The van der Waals surface area contributed by atoms with Crippen LogP contribution in [0, 0.1) is 0 Å². The molecule has 0 aromatic heterocycles. The van der Waals surface area contributed by atoms with Gasteiger partial charge in [-0.25, -0.2) is 0 Å². The molecule has 0 bridgehead atoms. The van der Waals surface area contributed by atoms with E-state index < -0.39 is 0 Å². The molecular weight excluding hydrogens is 240 g/mol. The fraction of sp³-hybridized carbons (Fsp3) is 0.533. The third-order valence-corrected chi connectivity index (χ3v) is 2.70. The van der Waals surface area contributed by atoms with Crippen molar-refractivity contribution in [1.82, 2.24) is 10.6 Å². The maximum atomic E-state index is 11.6. The Kier molecular flexibility index (Phi) is 5.36. The Morgan fingerprint density at radius 2 is 1.84 bits per heavy atom. The third-order valence-electron chi connectivity index (χ3n) is 2.70. The van der Waals surface area contributed by atoms with Gasteiger partial charge < -0.3 is 15.4 Å². The van der Waals surface area contributed by atoms with Crippen LogP contribution in [0.5, 0.6) is 5.75 Å². The molecule has 1 unspecified atom stereocenters. The van der Waals surface area contributed by atoms with Crippen LogP contribution in [0.4, 0.5) is 0 Å². The highest BCUT2D eigenvalue weighted by molar-refractivity contribution is 5.78. The first kappa shape index (κ1) is 15.5. The average molecular weight is 264 g/mol. The number of hydrogen-bond donors (Lipinski definition) is 2. The van der Waals surface area contributed by atoms with E-state index in [1.165, 1.54) is 5.56 Å². The van der Waals surface area contributed by atoms with Crippen molar-refractivity contribution in [3.05, 3.63) is 29.8 Å². The third kappa shape index (κ3) is 5.75. The van der Waals surface area contributed by atoms with Crippen LogP contribution >= 0.6 is 0 Å². The van der Waals surface area contributed by atoms with Gasteiger partial charge in [0.15, 0.2) is 6.61 Å². The van der Waals surface area contributed by atoms with E-state index in [9.17, 15) is 4.79 Å². The normalized spacial score (nSPS) is 12.9. The highest BCUT2D eigenvalue weighted by Gasteiger charge is 2.13. The lowest BCUT2D eigenvalue weighted by molar-refractivity contribution is -0.124. The minimum atomic E-state index is -0.230.